The van der Waals surface area contributed by atoms with Gasteiger partial charge in [-0.3, -0.25) is 4.68 Å². The Labute approximate surface area is 128 Å². The Morgan fingerprint density at radius 1 is 1.48 bits per heavy atom. The Bertz CT molecular complexity index is 621. The Hall–Kier alpha value is -1.47. The summed E-state index contributed by atoms with van der Waals surface area (Å²) in [6.45, 7) is 7.04. The van der Waals surface area contributed by atoms with E-state index in [9.17, 15) is 0 Å². The Balaban J connectivity index is 1.76. The van der Waals surface area contributed by atoms with Crippen LogP contribution in [-0.4, -0.2) is 31.8 Å². The van der Waals surface area contributed by atoms with E-state index in [1.807, 2.05) is 17.9 Å². The third kappa shape index (κ3) is 2.80. The summed E-state index contributed by atoms with van der Waals surface area (Å²) in [5.74, 6) is 1.25. The summed E-state index contributed by atoms with van der Waals surface area (Å²) in [4.78, 5) is 4.55. The largest absolute Gasteiger partial charge is 0.371 e. The first kappa shape index (κ1) is 14.5. The molecule has 1 aliphatic heterocycles. The predicted octanol–water partition coefficient (Wildman–Crippen LogP) is 2.65. The van der Waals surface area contributed by atoms with E-state index >= 15 is 0 Å². The maximum Gasteiger partial charge on any atom is 0.202 e. The van der Waals surface area contributed by atoms with E-state index in [4.69, 9.17) is 4.74 Å². The zero-order valence-electron chi connectivity index (χ0n) is 12.8. The van der Waals surface area contributed by atoms with Crippen LogP contribution in [0.4, 0.5) is 5.13 Å². The van der Waals surface area contributed by atoms with Gasteiger partial charge in [0.15, 0.2) is 0 Å². The summed E-state index contributed by atoms with van der Waals surface area (Å²) < 4.78 is 12.2. The minimum Gasteiger partial charge on any atom is -0.371 e. The van der Waals surface area contributed by atoms with Crippen LogP contribution in [0.25, 0.3) is 0 Å². The smallest absolute Gasteiger partial charge is 0.202 e. The summed E-state index contributed by atoms with van der Waals surface area (Å²) in [6, 6.07) is 0.223. The molecule has 0 spiro atoms. The molecule has 2 atom stereocenters. The van der Waals surface area contributed by atoms with Gasteiger partial charge in [0.1, 0.15) is 11.9 Å². The number of nitrogens with one attached hydrogen (secondary N) is 1. The normalized spacial score (nSPS) is 22.1. The molecule has 0 amide bonds. The quantitative estimate of drug-likeness (QED) is 0.940. The molecular weight excluding hydrogens is 286 g/mol. The third-order valence-corrected chi connectivity index (χ3v) is 4.60. The highest BCUT2D eigenvalue weighted by atomic mass is 32.1. The summed E-state index contributed by atoms with van der Waals surface area (Å²) in [7, 11) is 1.95. The first-order chi connectivity index (χ1) is 10.1. The molecule has 0 aliphatic carbocycles. The number of hydrogen-bond donors (Lipinski definition) is 1. The molecule has 0 radical (unpaired) electrons. The van der Waals surface area contributed by atoms with Crippen LogP contribution in [0.5, 0.6) is 0 Å². The van der Waals surface area contributed by atoms with Crippen LogP contribution in [0, 0.1) is 6.92 Å². The van der Waals surface area contributed by atoms with Crippen LogP contribution in [0.15, 0.2) is 6.20 Å². The standard InChI is InChI=1S/C14H21N5OS/c1-8(2)13-17-14(21-18-13)16-11-5-6-20-12(11)10-7-15-19(4)9(10)3/h7-8,11-12H,5-6H2,1-4H3,(H,16,17,18)/t11-,12+/m0/s1. The predicted molar refractivity (Wildman–Crippen MR) is 82.7 cm³/mol. The van der Waals surface area contributed by atoms with Gasteiger partial charge in [0.2, 0.25) is 5.13 Å². The van der Waals surface area contributed by atoms with Crippen LogP contribution in [-0.2, 0) is 11.8 Å². The van der Waals surface area contributed by atoms with Crippen molar-refractivity contribution in [3.63, 3.8) is 0 Å². The number of anilines is 1. The first-order valence-corrected chi connectivity index (χ1v) is 8.04. The zero-order valence-corrected chi connectivity index (χ0v) is 13.6. The van der Waals surface area contributed by atoms with Gasteiger partial charge in [-0.1, -0.05) is 13.8 Å². The van der Waals surface area contributed by atoms with Crippen LogP contribution in [0.2, 0.25) is 0 Å². The summed E-state index contributed by atoms with van der Waals surface area (Å²) in [5.41, 5.74) is 2.30. The van der Waals surface area contributed by atoms with Gasteiger partial charge in [0.05, 0.1) is 12.2 Å². The third-order valence-electron chi connectivity index (χ3n) is 3.94. The Morgan fingerprint density at radius 2 is 2.29 bits per heavy atom. The van der Waals surface area contributed by atoms with Crippen molar-refractivity contribution in [2.45, 2.75) is 45.3 Å². The van der Waals surface area contributed by atoms with Crippen molar-refractivity contribution in [2.24, 2.45) is 7.05 Å². The molecule has 2 aromatic rings. The fourth-order valence-corrected chi connectivity index (χ4v) is 3.30. The van der Waals surface area contributed by atoms with Crippen LogP contribution in [0.1, 0.15) is 49.4 Å². The van der Waals surface area contributed by atoms with Gasteiger partial charge in [-0.25, -0.2) is 4.98 Å². The molecule has 21 heavy (non-hydrogen) atoms. The van der Waals surface area contributed by atoms with Gasteiger partial charge < -0.3 is 10.1 Å². The molecule has 1 saturated heterocycles. The molecule has 1 fully saturated rings. The average molecular weight is 307 g/mol. The molecule has 0 saturated carbocycles. The Kier molecular flexibility index (Phi) is 3.95. The topological polar surface area (TPSA) is 64.9 Å². The number of rotatable bonds is 4. The molecular formula is C14H21N5OS. The minimum atomic E-state index is 0.0325. The summed E-state index contributed by atoms with van der Waals surface area (Å²) in [5, 5.41) is 8.67. The average Bonchev–Trinajstić information content (AvgIpc) is 3.14. The first-order valence-electron chi connectivity index (χ1n) is 7.26. The Morgan fingerprint density at radius 3 is 2.90 bits per heavy atom. The molecule has 6 nitrogen and oxygen atoms in total. The number of nitrogens with zero attached hydrogens (tertiary/aromatic N) is 4. The van der Waals surface area contributed by atoms with E-state index < -0.39 is 0 Å². The molecule has 1 aliphatic rings. The molecule has 3 heterocycles. The molecule has 0 bridgehead atoms. The second kappa shape index (κ2) is 5.73. The van der Waals surface area contributed by atoms with Crippen molar-refractivity contribution in [1.82, 2.24) is 19.1 Å². The van der Waals surface area contributed by atoms with Crippen molar-refractivity contribution >= 4 is 16.7 Å². The zero-order chi connectivity index (χ0) is 15.0. The van der Waals surface area contributed by atoms with Crippen molar-refractivity contribution in [2.75, 3.05) is 11.9 Å². The van der Waals surface area contributed by atoms with E-state index in [-0.39, 0.29) is 12.1 Å². The highest BCUT2D eigenvalue weighted by Crippen LogP contribution is 2.33. The highest BCUT2D eigenvalue weighted by molar-refractivity contribution is 7.09. The van der Waals surface area contributed by atoms with Crippen LogP contribution in [0.3, 0.4) is 0 Å². The van der Waals surface area contributed by atoms with E-state index in [1.54, 1.807) is 0 Å². The van der Waals surface area contributed by atoms with E-state index in [0.717, 1.165) is 35.2 Å². The fraction of sp³-hybridized carbons (Fsp3) is 0.643. The summed E-state index contributed by atoms with van der Waals surface area (Å²) in [6.07, 6.45) is 2.90. The van der Waals surface area contributed by atoms with Gasteiger partial charge in [-0.05, 0) is 13.3 Å². The lowest BCUT2D eigenvalue weighted by Gasteiger charge is -2.19. The van der Waals surface area contributed by atoms with Gasteiger partial charge in [-0.15, -0.1) is 0 Å². The number of hydrogen-bond acceptors (Lipinski definition) is 6. The van der Waals surface area contributed by atoms with Crippen LogP contribution >= 0.6 is 11.5 Å². The second-order valence-electron chi connectivity index (χ2n) is 5.75. The molecule has 0 aromatic carbocycles. The van der Waals surface area contributed by atoms with Crippen molar-refractivity contribution in [3.8, 4) is 0 Å². The van der Waals surface area contributed by atoms with Crippen LogP contribution < -0.4 is 5.32 Å². The van der Waals surface area contributed by atoms with Gasteiger partial charge >= 0.3 is 0 Å². The number of aryl methyl sites for hydroxylation is 1. The maximum absolute atomic E-state index is 5.91. The second-order valence-corrected chi connectivity index (χ2v) is 6.50. The fourth-order valence-electron chi connectivity index (χ4n) is 2.53. The highest BCUT2D eigenvalue weighted by Gasteiger charge is 2.32. The molecule has 0 unspecified atom stereocenters. The van der Waals surface area contributed by atoms with E-state index in [2.05, 4.69) is 40.5 Å². The lowest BCUT2D eigenvalue weighted by Crippen LogP contribution is -2.23. The number of aromatic nitrogens is 4. The number of ether oxygens (including phenoxy) is 1. The van der Waals surface area contributed by atoms with Gasteiger partial charge in [0, 0.05) is 42.4 Å². The SMILES string of the molecule is Cc1c([C@H]2OCC[C@@H]2Nc2nc(C(C)C)ns2)cnn1C. The molecule has 2 aromatic heterocycles. The molecule has 1 N–H and O–H groups in total. The molecule has 7 heteroatoms. The van der Waals surface area contributed by atoms with Gasteiger partial charge in [-0.2, -0.15) is 9.47 Å². The lowest BCUT2D eigenvalue weighted by molar-refractivity contribution is 0.107. The molecule has 3 rings (SSSR count). The summed E-state index contributed by atoms with van der Waals surface area (Å²) >= 11 is 1.42. The lowest BCUT2D eigenvalue weighted by atomic mass is 10.0. The monoisotopic (exact) mass is 307 g/mol. The van der Waals surface area contributed by atoms with E-state index in [1.165, 1.54) is 11.5 Å². The molecule has 114 valence electrons. The van der Waals surface area contributed by atoms with Gasteiger partial charge in [0.25, 0.3) is 0 Å². The van der Waals surface area contributed by atoms with Crippen molar-refractivity contribution in [1.29, 1.82) is 0 Å². The van der Waals surface area contributed by atoms with Crippen molar-refractivity contribution < 1.29 is 4.74 Å². The van der Waals surface area contributed by atoms with E-state index in [0.29, 0.717) is 5.92 Å². The van der Waals surface area contributed by atoms with Crippen molar-refractivity contribution in [3.05, 3.63) is 23.3 Å². The minimum absolute atomic E-state index is 0.0325. The maximum atomic E-state index is 5.91.